The molecule has 1 aliphatic heterocycles. The van der Waals surface area contributed by atoms with Gasteiger partial charge in [0.1, 0.15) is 5.75 Å². The molecule has 1 heterocycles. The number of hydrogen-bond donors (Lipinski definition) is 1. The molecule has 0 unspecified atom stereocenters. The molecule has 0 bridgehead atoms. The highest BCUT2D eigenvalue weighted by atomic mass is 35.5. The number of benzene rings is 1. The van der Waals surface area contributed by atoms with Gasteiger partial charge in [-0.2, -0.15) is 0 Å². The zero-order valence-corrected chi connectivity index (χ0v) is 10.9. The molecular weight excluding hydrogens is 262 g/mol. The summed E-state index contributed by atoms with van der Waals surface area (Å²) in [6.07, 6.45) is 1.28. The van der Waals surface area contributed by atoms with Gasteiger partial charge >= 0.3 is 0 Å². The van der Waals surface area contributed by atoms with Gasteiger partial charge < -0.3 is 4.74 Å². The zero-order chi connectivity index (χ0) is 12.3. The fourth-order valence-electron chi connectivity index (χ4n) is 1.73. The molecule has 0 atom stereocenters. The van der Waals surface area contributed by atoms with E-state index in [2.05, 4.69) is 4.72 Å². The van der Waals surface area contributed by atoms with Crippen molar-refractivity contribution in [2.75, 3.05) is 23.0 Å². The third kappa shape index (κ3) is 3.26. The number of sulfonamides is 1. The minimum Gasteiger partial charge on any atom is -0.493 e. The molecule has 0 saturated carbocycles. The number of anilines is 1. The maximum atomic E-state index is 11.7. The quantitative estimate of drug-likeness (QED) is 0.836. The molecule has 0 amide bonds. The van der Waals surface area contributed by atoms with Crippen LogP contribution in [-0.2, 0) is 16.4 Å². The molecule has 1 aromatic carbocycles. The van der Waals surface area contributed by atoms with Crippen LogP contribution in [0.1, 0.15) is 12.0 Å². The molecule has 1 N–H and O–H groups in total. The smallest absolute Gasteiger partial charge is 0.232 e. The highest BCUT2D eigenvalue weighted by Crippen LogP contribution is 2.28. The van der Waals surface area contributed by atoms with Gasteiger partial charge in [0.05, 0.1) is 12.4 Å². The Morgan fingerprint density at radius 1 is 1.41 bits per heavy atom. The highest BCUT2D eigenvalue weighted by molar-refractivity contribution is 7.92. The molecule has 0 aromatic heterocycles. The summed E-state index contributed by atoms with van der Waals surface area (Å²) >= 11 is 5.48. The van der Waals surface area contributed by atoms with Crippen LogP contribution in [-0.4, -0.2) is 26.7 Å². The Morgan fingerprint density at radius 2 is 2.24 bits per heavy atom. The first-order chi connectivity index (χ1) is 8.11. The van der Waals surface area contributed by atoms with Crippen molar-refractivity contribution in [1.82, 2.24) is 0 Å². The fraction of sp³-hybridized carbons (Fsp3) is 0.455. The normalized spacial score (nSPS) is 14.2. The molecule has 0 fully saturated rings. The van der Waals surface area contributed by atoms with Crippen molar-refractivity contribution >= 4 is 27.3 Å². The van der Waals surface area contributed by atoms with Gasteiger partial charge in [0.15, 0.2) is 0 Å². The Balaban J connectivity index is 2.09. The van der Waals surface area contributed by atoms with Crippen LogP contribution < -0.4 is 9.46 Å². The summed E-state index contributed by atoms with van der Waals surface area (Å²) in [6.45, 7) is 0.664. The number of rotatable bonds is 5. The van der Waals surface area contributed by atoms with E-state index in [1.807, 2.05) is 6.07 Å². The average molecular weight is 276 g/mol. The maximum absolute atomic E-state index is 11.7. The van der Waals surface area contributed by atoms with E-state index in [9.17, 15) is 8.42 Å². The lowest BCUT2D eigenvalue weighted by Gasteiger charge is -2.08. The lowest BCUT2D eigenvalue weighted by Crippen LogP contribution is -2.17. The van der Waals surface area contributed by atoms with Crippen molar-refractivity contribution in [3.05, 3.63) is 23.8 Å². The van der Waals surface area contributed by atoms with Gasteiger partial charge in [-0.05, 0) is 30.2 Å². The molecular formula is C11H14ClNO3S. The molecule has 6 heteroatoms. The van der Waals surface area contributed by atoms with Crippen LogP contribution in [0.4, 0.5) is 5.69 Å². The summed E-state index contributed by atoms with van der Waals surface area (Å²) in [6, 6.07) is 5.32. The van der Waals surface area contributed by atoms with E-state index in [1.165, 1.54) is 0 Å². The van der Waals surface area contributed by atoms with Crippen LogP contribution in [0.3, 0.4) is 0 Å². The molecule has 0 saturated heterocycles. The van der Waals surface area contributed by atoms with Crippen LogP contribution in [0.15, 0.2) is 18.2 Å². The largest absolute Gasteiger partial charge is 0.493 e. The Labute approximate surface area is 106 Å². The summed E-state index contributed by atoms with van der Waals surface area (Å²) < 4.78 is 31.2. The summed E-state index contributed by atoms with van der Waals surface area (Å²) in [5, 5.41) is 0. The minimum atomic E-state index is -3.29. The van der Waals surface area contributed by atoms with Crippen LogP contribution in [0, 0.1) is 0 Å². The van der Waals surface area contributed by atoms with Gasteiger partial charge in [0.25, 0.3) is 0 Å². The fourth-order valence-corrected chi connectivity index (χ4v) is 3.13. The van der Waals surface area contributed by atoms with Crippen LogP contribution in [0.2, 0.25) is 0 Å². The van der Waals surface area contributed by atoms with Gasteiger partial charge in [0, 0.05) is 18.0 Å². The zero-order valence-electron chi connectivity index (χ0n) is 9.28. The van der Waals surface area contributed by atoms with E-state index in [4.69, 9.17) is 16.3 Å². The van der Waals surface area contributed by atoms with Crippen molar-refractivity contribution in [3.63, 3.8) is 0 Å². The first kappa shape index (κ1) is 12.5. The molecule has 2 rings (SSSR count). The topological polar surface area (TPSA) is 55.4 Å². The number of ether oxygens (including phenoxy) is 1. The second-order valence-corrected chi connectivity index (χ2v) is 6.10. The average Bonchev–Trinajstić information content (AvgIpc) is 2.73. The van der Waals surface area contributed by atoms with Crippen molar-refractivity contribution in [3.8, 4) is 5.75 Å². The predicted molar refractivity (Wildman–Crippen MR) is 68.4 cm³/mol. The molecule has 1 aromatic rings. The molecule has 17 heavy (non-hydrogen) atoms. The number of hydrogen-bond acceptors (Lipinski definition) is 3. The van der Waals surface area contributed by atoms with E-state index >= 15 is 0 Å². The molecule has 0 radical (unpaired) electrons. The number of halogens is 1. The predicted octanol–water partition coefficient (Wildman–Crippen LogP) is 1.99. The van der Waals surface area contributed by atoms with Crippen molar-refractivity contribution in [1.29, 1.82) is 0 Å². The third-order valence-corrected chi connectivity index (χ3v) is 4.15. The molecule has 0 aliphatic carbocycles. The first-order valence-electron chi connectivity index (χ1n) is 5.43. The molecule has 1 aliphatic rings. The number of alkyl halides is 1. The lowest BCUT2D eigenvalue weighted by molar-refractivity contribution is 0.357. The maximum Gasteiger partial charge on any atom is 0.232 e. The van der Waals surface area contributed by atoms with Crippen molar-refractivity contribution in [2.24, 2.45) is 0 Å². The van der Waals surface area contributed by atoms with Gasteiger partial charge in [-0.25, -0.2) is 8.42 Å². The molecule has 0 spiro atoms. The van der Waals surface area contributed by atoms with Crippen LogP contribution in [0.25, 0.3) is 0 Å². The van der Waals surface area contributed by atoms with E-state index in [1.54, 1.807) is 12.1 Å². The van der Waals surface area contributed by atoms with Gasteiger partial charge in [0.2, 0.25) is 10.0 Å². The number of nitrogens with one attached hydrogen (secondary N) is 1. The van der Waals surface area contributed by atoms with E-state index in [0.717, 1.165) is 17.7 Å². The Morgan fingerprint density at radius 3 is 3.00 bits per heavy atom. The highest BCUT2D eigenvalue weighted by Gasteiger charge is 2.14. The van der Waals surface area contributed by atoms with Gasteiger partial charge in [-0.3, -0.25) is 4.72 Å². The SMILES string of the molecule is O=S(=O)(CCCCl)Nc1ccc2c(c1)CCO2. The minimum absolute atomic E-state index is 0.0457. The second kappa shape index (κ2) is 5.14. The first-order valence-corrected chi connectivity index (χ1v) is 7.61. The second-order valence-electron chi connectivity index (χ2n) is 3.88. The number of fused-ring (bicyclic) bond motifs is 1. The van der Waals surface area contributed by atoms with Crippen molar-refractivity contribution in [2.45, 2.75) is 12.8 Å². The van der Waals surface area contributed by atoms with Gasteiger partial charge in [-0.15, -0.1) is 11.6 Å². The van der Waals surface area contributed by atoms with E-state index < -0.39 is 10.0 Å². The van der Waals surface area contributed by atoms with E-state index in [-0.39, 0.29) is 5.75 Å². The summed E-state index contributed by atoms with van der Waals surface area (Å²) in [7, 11) is -3.29. The summed E-state index contributed by atoms with van der Waals surface area (Å²) in [4.78, 5) is 0. The summed E-state index contributed by atoms with van der Waals surface area (Å²) in [5.74, 6) is 1.23. The summed E-state index contributed by atoms with van der Waals surface area (Å²) in [5.41, 5.74) is 1.63. The molecule has 94 valence electrons. The van der Waals surface area contributed by atoms with Crippen LogP contribution >= 0.6 is 11.6 Å². The Hall–Kier alpha value is -0.940. The lowest BCUT2D eigenvalue weighted by atomic mass is 10.1. The monoisotopic (exact) mass is 275 g/mol. The van der Waals surface area contributed by atoms with E-state index in [0.29, 0.717) is 24.6 Å². The third-order valence-electron chi connectivity index (χ3n) is 2.51. The Kier molecular flexibility index (Phi) is 3.79. The van der Waals surface area contributed by atoms with Crippen molar-refractivity contribution < 1.29 is 13.2 Å². The van der Waals surface area contributed by atoms with Crippen LogP contribution in [0.5, 0.6) is 5.75 Å². The van der Waals surface area contributed by atoms with Gasteiger partial charge in [-0.1, -0.05) is 0 Å². The molecule has 4 nitrogen and oxygen atoms in total. The Bertz CT molecular complexity index is 501. The standard InChI is InChI=1S/C11H14ClNO3S/c12-5-1-7-17(14,15)13-10-2-3-11-9(8-10)4-6-16-11/h2-3,8,13H,1,4-7H2.